The summed E-state index contributed by atoms with van der Waals surface area (Å²) in [5.74, 6) is 1.05. The van der Waals surface area contributed by atoms with Gasteiger partial charge in [0.25, 0.3) is 5.91 Å². The van der Waals surface area contributed by atoms with E-state index in [1.165, 1.54) is 11.3 Å². The van der Waals surface area contributed by atoms with E-state index in [0.717, 1.165) is 11.1 Å². The highest BCUT2D eigenvalue weighted by Gasteiger charge is 2.31. The SMILES string of the molecule is O=C(c1scc2c1OCCO2)N1Cc2ccccc2[C@H](O)C1. The van der Waals surface area contributed by atoms with Gasteiger partial charge in [0.1, 0.15) is 18.1 Å². The van der Waals surface area contributed by atoms with Crippen LogP contribution >= 0.6 is 11.3 Å². The third-order valence-corrected chi connectivity index (χ3v) is 4.88. The van der Waals surface area contributed by atoms with Gasteiger partial charge in [0, 0.05) is 11.9 Å². The maximum absolute atomic E-state index is 12.8. The molecule has 2 aliphatic heterocycles. The Labute approximate surface area is 131 Å². The van der Waals surface area contributed by atoms with Gasteiger partial charge in [-0.3, -0.25) is 4.79 Å². The second-order valence-corrected chi connectivity index (χ2v) is 6.24. The number of thiophene rings is 1. The van der Waals surface area contributed by atoms with Crippen molar-refractivity contribution in [3.05, 3.63) is 45.6 Å². The molecule has 3 heterocycles. The van der Waals surface area contributed by atoms with Crippen molar-refractivity contribution in [1.82, 2.24) is 4.90 Å². The number of carbonyl (C=O) groups excluding carboxylic acids is 1. The Morgan fingerprint density at radius 3 is 3.00 bits per heavy atom. The van der Waals surface area contributed by atoms with E-state index >= 15 is 0 Å². The number of β-amino-alcohol motifs (C(OH)–C–C–N with tert-alkyl or cyclic N) is 1. The van der Waals surface area contributed by atoms with Crippen molar-refractivity contribution in [2.45, 2.75) is 12.6 Å². The quantitative estimate of drug-likeness (QED) is 0.876. The second kappa shape index (κ2) is 5.30. The highest BCUT2D eigenvalue weighted by molar-refractivity contribution is 7.12. The van der Waals surface area contributed by atoms with Crippen LogP contribution in [0.15, 0.2) is 29.6 Å². The third-order valence-electron chi connectivity index (χ3n) is 3.95. The van der Waals surface area contributed by atoms with Crippen LogP contribution in [-0.2, 0) is 6.54 Å². The van der Waals surface area contributed by atoms with E-state index in [9.17, 15) is 9.90 Å². The summed E-state index contributed by atoms with van der Waals surface area (Å²) in [6.07, 6.45) is -0.651. The van der Waals surface area contributed by atoms with Crippen molar-refractivity contribution in [2.24, 2.45) is 0 Å². The van der Waals surface area contributed by atoms with Crippen LogP contribution in [0.25, 0.3) is 0 Å². The normalized spacial score (nSPS) is 19.7. The molecule has 0 spiro atoms. The Hall–Kier alpha value is -2.05. The molecule has 0 aliphatic carbocycles. The summed E-state index contributed by atoms with van der Waals surface area (Å²) in [4.78, 5) is 15.0. The number of fused-ring (bicyclic) bond motifs is 2. The van der Waals surface area contributed by atoms with Crippen molar-refractivity contribution in [2.75, 3.05) is 19.8 Å². The van der Waals surface area contributed by atoms with Crippen LogP contribution in [0, 0.1) is 0 Å². The van der Waals surface area contributed by atoms with Crippen LogP contribution in [0.4, 0.5) is 0 Å². The number of aliphatic hydroxyl groups is 1. The number of rotatable bonds is 1. The molecule has 1 N–H and O–H groups in total. The average molecular weight is 317 g/mol. The van der Waals surface area contributed by atoms with Gasteiger partial charge in [-0.2, -0.15) is 0 Å². The lowest BCUT2D eigenvalue weighted by atomic mass is 9.97. The van der Waals surface area contributed by atoms with E-state index in [1.807, 2.05) is 24.3 Å². The summed E-state index contributed by atoms with van der Waals surface area (Å²) in [6.45, 7) is 1.76. The van der Waals surface area contributed by atoms with E-state index in [4.69, 9.17) is 9.47 Å². The Bertz CT molecular complexity index is 727. The maximum Gasteiger partial charge on any atom is 0.268 e. The predicted molar refractivity (Wildman–Crippen MR) is 81.5 cm³/mol. The van der Waals surface area contributed by atoms with Crippen LogP contribution < -0.4 is 9.47 Å². The van der Waals surface area contributed by atoms with Crippen molar-refractivity contribution >= 4 is 17.2 Å². The van der Waals surface area contributed by atoms with E-state index < -0.39 is 6.10 Å². The standard InChI is InChI=1S/C16H15NO4S/c18-12-8-17(7-10-3-1-2-4-11(10)12)16(19)15-14-13(9-22-15)20-5-6-21-14/h1-4,9,12,18H,5-8H2/t12-/m1/s1. The zero-order valence-corrected chi connectivity index (χ0v) is 12.6. The van der Waals surface area contributed by atoms with E-state index in [-0.39, 0.29) is 5.91 Å². The summed E-state index contributed by atoms with van der Waals surface area (Å²) in [5.41, 5.74) is 1.89. The molecule has 4 rings (SSSR count). The Balaban J connectivity index is 1.63. The number of carbonyl (C=O) groups is 1. The fraction of sp³-hybridized carbons (Fsp3) is 0.312. The highest BCUT2D eigenvalue weighted by Crippen LogP contribution is 2.40. The number of hydrogen-bond acceptors (Lipinski definition) is 5. The number of ether oxygens (including phenoxy) is 2. The second-order valence-electron chi connectivity index (χ2n) is 5.36. The smallest absolute Gasteiger partial charge is 0.268 e. The van der Waals surface area contributed by atoms with Crippen molar-refractivity contribution in [1.29, 1.82) is 0 Å². The van der Waals surface area contributed by atoms with Gasteiger partial charge < -0.3 is 19.5 Å². The van der Waals surface area contributed by atoms with Crippen molar-refractivity contribution < 1.29 is 19.4 Å². The summed E-state index contributed by atoms with van der Waals surface area (Å²) < 4.78 is 11.1. The van der Waals surface area contributed by atoms with Crippen LogP contribution in [0.1, 0.15) is 26.9 Å². The molecule has 22 heavy (non-hydrogen) atoms. The summed E-state index contributed by atoms with van der Waals surface area (Å²) in [6, 6.07) is 7.68. The Morgan fingerprint density at radius 1 is 1.27 bits per heavy atom. The molecule has 1 aromatic heterocycles. The molecule has 0 radical (unpaired) electrons. The Kier molecular flexibility index (Phi) is 3.28. The minimum atomic E-state index is -0.651. The van der Waals surface area contributed by atoms with Gasteiger partial charge in [0.2, 0.25) is 0 Å². The van der Waals surface area contributed by atoms with Crippen molar-refractivity contribution in [3.63, 3.8) is 0 Å². The lowest BCUT2D eigenvalue weighted by Crippen LogP contribution is -2.38. The van der Waals surface area contributed by atoms with Gasteiger partial charge in [-0.25, -0.2) is 0 Å². The minimum Gasteiger partial charge on any atom is -0.485 e. The van der Waals surface area contributed by atoms with Gasteiger partial charge in [-0.1, -0.05) is 24.3 Å². The summed E-state index contributed by atoms with van der Waals surface area (Å²) in [7, 11) is 0. The molecule has 0 saturated carbocycles. The zero-order chi connectivity index (χ0) is 15.1. The van der Waals surface area contributed by atoms with E-state index in [0.29, 0.717) is 42.7 Å². The molecule has 2 aromatic rings. The van der Waals surface area contributed by atoms with Gasteiger partial charge >= 0.3 is 0 Å². The fourth-order valence-electron chi connectivity index (χ4n) is 2.89. The van der Waals surface area contributed by atoms with E-state index in [1.54, 1.807) is 10.3 Å². The molecule has 0 saturated heterocycles. The van der Waals surface area contributed by atoms with Crippen LogP contribution in [0.5, 0.6) is 11.5 Å². The predicted octanol–water partition coefficient (Wildman–Crippen LogP) is 2.21. The van der Waals surface area contributed by atoms with Crippen LogP contribution in [0.3, 0.4) is 0 Å². The lowest BCUT2D eigenvalue weighted by molar-refractivity contribution is 0.0548. The number of aliphatic hydroxyl groups excluding tert-OH is 1. The topological polar surface area (TPSA) is 59.0 Å². The molecule has 1 atom stereocenters. The molecule has 1 amide bonds. The monoisotopic (exact) mass is 317 g/mol. The maximum atomic E-state index is 12.8. The average Bonchev–Trinajstić information content (AvgIpc) is 2.98. The molecule has 2 aliphatic rings. The largest absolute Gasteiger partial charge is 0.485 e. The lowest BCUT2D eigenvalue weighted by Gasteiger charge is -2.32. The third kappa shape index (κ3) is 2.15. The van der Waals surface area contributed by atoms with Gasteiger partial charge in [-0.15, -0.1) is 11.3 Å². The van der Waals surface area contributed by atoms with Gasteiger partial charge in [-0.05, 0) is 11.1 Å². The first-order valence-corrected chi connectivity index (χ1v) is 8.04. The molecular weight excluding hydrogens is 302 g/mol. The van der Waals surface area contributed by atoms with E-state index in [2.05, 4.69) is 0 Å². The van der Waals surface area contributed by atoms with Gasteiger partial charge in [0.05, 0.1) is 12.6 Å². The number of nitrogens with zero attached hydrogens (tertiary/aromatic N) is 1. The fourth-order valence-corrected chi connectivity index (χ4v) is 3.79. The molecular formula is C16H15NO4S. The zero-order valence-electron chi connectivity index (χ0n) is 11.8. The minimum absolute atomic E-state index is 0.120. The molecule has 6 heteroatoms. The number of amides is 1. The molecule has 0 bridgehead atoms. The summed E-state index contributed by atoms with van der Waals surface area (Å²) >= 11 is 1.33. The molecule has 5 nitrogen and oxygen atoms in total. The van der Waals surface area contributed by atoms with Crippen LogP contribution in [-0.4, -0.2) is 35.7 Å². The number of benzene rings is 1. The molecule has 0 unspecified atom stereocenters. The molecule has 1 aromatic carbocycles. The first-order chi connectivity index (χ1) is 10.7. The number of hydrogen-bond donors (Lipinski definition) is 1. The van der Waals surface area contributed by atoms with Crippen molar-refractivity contribution in [3.8, 4) is 11.5 Å². The highest BCUT2D eigenvalue weighted by atomic mass is 32.1. The molecule has 114 valence electrons. The first kappa shape index (κ1) is 13.6. The summed E-state index contributed by atoms with van der Waals surface area (Å²) in [5, 5.41) is 12.1. The van der Waals surface area contributed by atoms with Gasteiger partial charge in [0.15, 0.2) is 11.5 Å². The first-order valence-electron chi connectivity index (χ1n) is 7.16. The molecule has 0 fully saturated rings. The Morgan fingerprint density at radius 2 is 2.09 bits per heavy atom. The van der Waals surface area contributed by atoms with Crippen LogP contribution in [0.2, 0.25) is 0 Å².